The zero-order valence-corrected chi connectivity index (χ0v) is 25.1. The molecule has 3 aromatic rings. The molecule has 0 aliphatic heterocycles. The Hall–Kier alpha value is -2.83. The normalized spacial score (nSPS) is 23.4. The van der Waals surface area contributed by atoms with E-state index in [9.17, 15) is 9.59 Å². The van der Waals surface area contributed by atoms with Crippen LogP contribution in [0.5, 0.6) is 0 Å². The fourth-order valence-corrected chi connectivity index (χ4v) is 7.62. The summed E-state index contributed by atoms with van der Waals surface area (Å²) in [6.07, 6.45) is 6.79. The van der Waals surface area contributed by atoms with Crippen molar-refractivity contribution in [1.29, 1.82) is 0 Å². The van der Waals surface area contributed by atoms with Crippen molar-refractivity contribution >= 4 is 40.2 Å². The van der Waals surface area contributed by atoms with Crippen molar-refractivity contribution < 1.29 is 9.59 Å². The van der Waals surface area contributed by atoms with E-state index in [1.807, 2.05) is 54.6 Å². The first kappa shape index (κ1) is 28.7. The summed E-state index contributed by atoms with van der Waals surface area (Å²) < 4.78 is 3.49. The summed E-state index contributed by atoms with van der Waals surface area (Å²) >= 11 is 1.60. The van der Waals surface area contributed by atoms with Crippen LogP contribution in [0.15, 0.2) is 71.6 Å². The zero-order valence-electron chi connectivity index (χ0n) is 24.3. The van der Waals surface area contributed by atoms with Crippen molar-refractivity contribution in [2.45, 2.75) is 89.1 Å². The predicted octanol–water partition coefficient (Wildman–Crippen LogP) is 7.51. The van der Waals surface area contributed by atoms with E-state index in [0.29, 0.717) is 18.3 Å². The molecule has 3 N–H and O–H groups in total. The number of carbonyl (C=O) groups excluding carboxylic acids is 2. The molecule has 2 aliphatic carbocycles. The molecular weight excluding hydrogens is 514 g/mol. The number of carbonyl (C=O) groups is 2. The highest BCUT2D eigenvalue weighted by atomic mass is 32.2. The molecule has 0 aromatic heterocycles. The lowest BCUT2D eigenvalue weighted by molar-refractivity contribution is -0.140. The third kappa shape index (κ3) is 6.72. The lowest BCUT2D eigenvalue weighted by Crippen LogP contribution is -2.54. The second-order valence-corrected chi connectivity index (χ2v) is 14.0. The van der Waals surface area contributed by atoms with Gasteiger partial charge in [0.15, 0.2) is 0 Å². The van der Waals surface area contributed by atoms with Crippen molar-refractivity contribution in [2.24, 2.45) is 17.3 Å². The summed E-state index contributed by atoms with van der Waals surface area (Å²) in [4.78, 5) is 29.0. The van der Waals surface area contributed by atoms with Gasteiger partial charge in [-0.3, -0.25) is 14.3 Å². The van der Waals surface area contributed by atoms with Crippen molar-refractivity contribution in [3.63, 3.8) is 0 Å². The molecular formula is C34H43N3O2S. The monoisotopic (exact) mass is 557 g/mol. The molecule has 5 rings (SSSR count). The fourth-order valence-electron chi connectivity index (χ4n) is 6.77. The molecule has 3 aromatic carbocycles. The van der Waals surface area contributed by atoms with E-state index in [1.165, 1.54) is 12.8 Å². The van der Waals surface area contributed by atoms with Gasteiger partial charge in [0.1, 0.15) is 6.04 Å². The van der Waals surface area contributed by atoms with E-state index < -0.39 is 6.04 Å². The molecule has 2 saturated carbocycles. The van der Waals surface area contributed by atoms with Crippen LogP contribution in [0, 0.1) is 17.3 Å². The standard InChI is InChI=1S/C34H43N3O2S/c1-23-19-25-13-10-18-34(21-23,22-25)32(39)36-29(20-24-11-6-5-7-12-24)31(38)35-28-16-8-15-27-26(28)14-9-17-30(27)40-37-33(2,3)4/h5-9,11-12,14-17,23,25,29,37H,10,13,18-22H2,1-4H3,(H,35,38)(H,36,39)/t23-,25?,29?,34?/m1/s1. The van der Waals surface area contributed by atoms with E-state index in [2.05, 4.69) is 55.2 Å². The van der Waals surface area contributed by atoms with Gasteiger partial charge >= 0.3 is 0 Å². The quantitative estimate of drug-likeness (QED) is 0.251. The van der Waals surface area contributed by atoms with Crippen LogP contribution < -0.4 is 15.4 Å². The average Bonchev–Trinajstić information content (AvgIpc) is 2.91. The summed E-state index contributed by atoms with van der Waals surface area (Å²) in [5.74, 6) is 1.05. The Kier molecular flexibility index (Phi) is 8.58. The number of hydrogen-bond donors (Lipinski definition) is 3. The van der Waals surface area contributed by atoms with E-state index in [1.54, 1.807) is 11.9 Å². The van der Waals surface area contributed by atoms with Gasteiger partial charge in [0.05, 0.1) is 0 Å². The van der Waals surface area contributed by atoms with Crippen LogP contribution in [0.4, 0.5) is 5.69 Å². The lowest BCUT2D eigenvalue weighted by atomic mass is 9.59. The highest BCUT2D eigenvalue weighted by Crippen LogP contribution is 2.51. The van der Waals surface area contributed by atoms with Crippen LogP contribution in [-0.4, -0.2) is 23.4 Å². The first-order valence-electron chi connectivity index (χ1n) is 14.7. The molecule has 0 spiro atoms. The van der Waals surface area contributed by atoms with Crippen molar-refractivity contribution in [3.05, 3.63) is 72.3 Å². The summed E-state index contributed by atoms with van der Waals surface area (Å²) in [7, 11) is 0. The molecule has 2 amide bonds. The SMILES string of the molecule is C[C@@H]1CC2CCCC(C(=O)NC(Cc3ccccc3)C(=O)Nc3cccc4c(SNC(C)(C)C)cccc34)(C2)C1. The number of hydrogen-bond acceptors (Lipinski definition) is 4. The molecule has 5 nitrogen and oxygen atoms in total. The smallest absolute Gasteiger partial charge is 0.247 e. The van der Waals surface area contributed by atoms with Gasteiger partial charge in [-0.2, -0.15) is 0 Å². The van der Waals surface area contributed by atoms with Crippen molar-refractivity contribution in [3.8, 4) is 0 Å². The average molecular weight is 558 g/mol. The largest absolute Gasteiger partial charge is 0.343 e. The third-order valence-electron chi connectivity index (χ3n) is 8.42. The molecule has 2 bridgehead atoms. The Morgan fingerprint density at radius 3 is 2.50 bits per heavy atom. The maximum absolute atomic E-state index is 13.9. The van der Waals surface area contributed by atoms with Gasteiger partial charge in [-0.15, -0.1) is 0 Å². The van der Waals surface area contributed by atoms with Crippen LogP contribution in [0.25, 0.3) is 10.8 Å². The summed E-state index contributed by atoms with van der Waals surface area (Å²) in [5, 5.41) is 8.51. The Bertz CT molecular complexity index is 1350. The minimum Gasteiger partial charge on any atom is -0.343 e. The zero-order chi connectivity index (χ0) is 28.3. The van der Waals surface area contributed by atoms with Gasteiger partial charge < -0.3 is 10.6 Å². The topological polar surface area (TPSA) is 70.2 Å². The minimum atomic E-state index is -0.655. The fraction of sp³-hybridized carbons (Fsp3) is 0.471. The molecule has 4 atom stereocenters. The molecule has 2 fully saturated rings. The maximum Gasteiger partial charge on any atom is 0.247 e. The second-order valence-electron chi connectivity index (χ2n) is 13.1. The predicted molar refractivity (Wildman–Crippen MR) is 166 cm³/mol. The number of amides is 2. The van der Waals surface area contributed by atoms with Crippen molar-refractivity contribution in [2.75, 3.05) is 5.32 Å². The van der Waals surface area contributed by atoms with Gasteiger partial charge in [-0.25, -0.2) is 0 Å². The molecule has 3 unspecified atom stereocenters. The Morgan fingerprint density at radius 2 is 1.73 bits per heavy atom. The van der Waals surface area contributed by atoms with Gasteiger partial charge in [-0.1, -0.05) is 74.4 Å². The molecule has 6 heteroatoms. The second kappa shape index (κ2) is 12.0. The third-order valence-corrected chi connectivity index (χ3v) is 9.71. The molecule has 0 heterocycles. The summed E-state index contributed by atoms with van der Waals surface area (Å²) in [5.41, 5.74) is 1.41. The number of anilines is 1. The van der Waals surface area contributed by atoms with Gasteiger partial charge in [0, 0.05) is 33.3 Å². The van der Waals surface area contributed by atoms with Crippen molar-refractivity contribution in [1.82, 2.24) is 10.0 Å². The van der Waals surface area contributed by atoms with Gasteiger partial charge in [0.2, 0.25) is 11.8 Å². The van der Waals surface area contributed by atoms with E-state index in [-0.39, 0.29) is 22.8 Å². The van der Waals surface area contributed by atoms with Crippen LogP contribution >= 0.6 is 11.9 Å². The number of benzene rings is 3. The minimum absolute atomic E-state index is 0.0322. The van der Waals surface area contributed by atoms with Crippen LogP contribution in [0.2, 0.25) is 0 Å². The highest BCUT2D eigenvalue weighted by molar-refractivity contribution is 7.97. The Morgan fingerprint density at radius 1 is 0.975 bits per heavy atom. The van der Waals surface area contributed by atoms with Crippen LogP contribution in [-0.2, 0) is 16.0 Å². The van der Waals surface area contributed by atoms with Crippen LogP contribution in [0.1, 0.15) is 71.8 Å². The van der Waals surface area contributed by atoms with Crippen LogP contribution in [0.3, 0.4) is 0 Å². The molecule has 0 saturated heterocycles. The lowest BCUT2D eigenvalue weighted by Gasteiger charge is -2.46. The number of nitrogens with one attached hydrogen (secondary N) is 3. The molecule has 40 heavy (non-hydrogen) atoms. The van der Waals surface area contributed by atoms with Gasteiger partial charge in [0.25, 0.3) is 0 Å². The van der Waals surface area contributed by atoms with Gasteiger partial charge in [-0.05, 0) is 93.3 Å². The van der Waals surface area contributed by atoms with E-state index >= 15 is 0 Å². The molecule has 0 radical (unpaired) electrons. The van der Waals surface area contributed by atoms with E-state index in [4.69, 9.17) is 0 Å². The number of rotatable bonds is 8. The maximum atomic E-state index is 13.9. The summed E-state index contributed by atoms with van der Waals surface area (Å²) in [6.45, 7) is 8.69. The number of fused-ring (bicyclic) bond motifs is 3. The highest BCUT2D eigenvalue weighted by Gasteiger charge is 2.47. The Balaban J connectivity index is 1.39. The molecule has 212 valence electrons. The molecule has 2 aliphatic rings. The Labute approximate surface area is 243 Å². The van der Waals surface area contributed by atoms with E-state index in [0.717, 1.165) is 52.6 Å². The first-order chi connectivity index (χ1) is 19.1. The summed E-state index contributed by atoms with van der Waals surface area (Å²) in [6, 6.07) is 21.5. The first-order valence-corrected chi connectivity index (χ1v) is 15.6.